The van der Waals surface area contributed by atoms with Crippen LogP contribution < -0.4 is 0 Å². The first-order valence-electron chi connectivity index (χ1n) is 40.2. The first-order chi connectivity index (χ1) is 48.7. The molecule has 5 atom stereocenters. The molecule has 0 saturated heterocycles. The van der Waals surface area contributed by atoms with Crippen molar-refractivity contribution in [2.24, 2.45) is 0 Å². The zero-order valence-electron chi connectivity index (χ0n) is 63.6. The molecule has 0 aliphatic rings. The molecule has 0 rings (SSSR count). The summed E-state index contributed by atoms with van der Waals surface area (Å²) in [5.41, 5.74) is 0. The second kappa shape index (κ2) is 73.8. The van der Waals surface area contributed by atoms with Gasteiger partial charge in [-0.15, -0.1) is 0 Å². The maximum atomic E-state index is 13.1. The topological polar surface area (TPSA) is 237 Å². The van der Waals surface area contributed by atoms with E-state index in [2.05, 4.69) is 76.3 Å². The van der Waals surface area contributed by atoms with E-state index in [1.54, 1.807) is 6.08 Å². The highest BCUT2D eigenvalue weighted by Crippen LogP contribution is 2.45. The normalized spacial score (nSPS) is 14.3. The zero-order valence-corrected chi connectivity index (χ0v) is 65.4. The number of aliphatic hydroxyl groups excluding tert-OH is 1. The Bertz CT molecular complexity index is 2180. The van der Waals surface area contributed by atoms with Crippen molar-refractivity contribution in [2.45, 2.75) is 380 Å². The average molecular weight is 1450 g/mol. The molecule has 0 spiro atoms. The van der Waals surface area contributed by atoms with Crippen LogP contribution in [0.3, 0.4) is 0 Å². The minimum Gasteiger partial charge on any atom is -0.462 e. The van der Waals surface area contributed by atoms with Gasteiger partial charge in [0.2, 0.25) is 0 Å². The van der Waals surface area contributed by atoms with Gasteiger partial charge in [-0.2, -0.15) is 0 Å². The number of unbranched alkanes of at least 4 members (excludes halogenated alkanes) is 39. The van der Waals surface area contributed by atoms with Gasteiger partial charge in [-0.25, -0.2) is 9.13 Å². The molecule has 0 aliphatic heterocycles. The SMILES string of the molecule is CC/C=C\C/C=C\C/C=C\C/C=C\C/C=C\CC(=O)OCC(COP(=O)(O)OCC(O)COP(=O)(O)OCC(COC(=O)CCCCCCCCCCCCCCCCC)OC(=O)CCCCCCCCCCCCCCCCC)OC(=O)CCCCCCC/C=C\CCCCCCCC. The minimum atomic E-state index is -4.99. The van der Waals surface area contributed by atoms with Gasteiger partial charge in [-0.1, -0.05) is 332 Å². The second-order valence-corrected chi connectivity index (χ2v) is 29.9. The fourth-order valence-electron chi connectivity index (χ4n) is 11.1. The zero-order chi connectivity index (χ0) is 73.2. The van der Waals surface area contributed by atoms with Gasteiger partial charge in [0.15, 0.2) is 12.2 Å². The van der Waals surface area contributed by atoms with Crippen LogP contribution in [0.2, 0.25) is 0 Å². The lowest BCUT2D eigenvalue weighted by molar-refractivity contribution is -0.161. The number of carbonyl (C=O) groups is 4. The molecule has 19 heteroatoms. The standard InChI is InChI=1S/C81H146O17P2/c1-5-9-13-17-21-25-29-33-37-41-45-49-53-57-61-65-78(83)91-71-76(97-80(85)67-63-59-55-51-47-43-39-35-31-27-23-19-15-11-7-3)73-95-99(87,88)93-69-75(82)70-94-100(89,90)96-74-77(98-81(86)68-64-60-56-52-48-44-40-36-32-28-24-20-16-12-8-4)72-92-79(84)66-62-58-54-50-46-42-38-34-30-26-22-18-14-10-6-2/h9,13,21,25,33,35,37,39,45,49,57,61,75-77,82H,5-8,10-12,14-20,22-24,26-32,34,36,38,40-44,46-48,50-56,58-60,62-74H2,1-4H3,(H,87,88)(H,89,90)/b13-9-,25-21-,37-33-,39-35-,49-45-,61-57-. The Morgan fingerprint density at radius 3 is 0.880 bits per heavy atom. The van der Waals surface area contributed by atoms with Crippen molar-refractivity contribution in [1.29, 1.82) is 0 Å². The predicted octanol–water partition coefficient (Wildman–Crippen LogP) is 23.2. The third kappa shape index (κ3) is 72.8. The lowest BCUT2D eigenvalue weighted by atomic mass is 10.0. The number of phosphoric ester groups is 2. The Hall–Kier alpha value is -3.50. The Kier molecular flexibility index (Phi) is 71.2. The number of hydrogen-bond acceptors (Lipinski definition) is 15. The van der Waals surface area contributed by atoms with E-state index in [4.69, 9.17) is 37.0 Å². The fourth-order valence-corrected chi connectivity index (χ4v) is 12.7. The summed E-state index contributed by atoms with van der Waals surface area (Å²) in [4.78, 5) is 72.9. The minimum absolute atomic E-state index is 0.0685. The van der Waals surface area contributed by atoms with Gasteiger partial charge in [0.1, 0.15) is 19.3 Å². The van der Waals surface area contributed by atoms with Crippen molar-refractivity contribution >= 4 is 39.5 Å². The van der Waals surface area contributed by atoms with Gasteiger partial charge in [-0.05, 0) is 77.0 Å². The van der Waals surface area contributed by atoms with E-state index in [1.807, 2.05) is 18.2 Å². The van der Waals surface area contributed by atoms with E-state index < -0.39 is 97.5 Å². The maximum absolute atomic E-state index is 13.1. The third-order valence-electron chi connectivity index (χ3n) is 17.2. The summed E-state index contributed by atoms with van der Waals surface area (Å²) in [5, 5.41) is 10.6. The van der Waals surface area contributed by atoms with Crippen molar-refractivity contribution < 1.29 is 80.2 Å². The lowest BCUT2D eigenvalue weighted by Gasteiger charge is -2.21. The van der Waals surface area contributed by atoms with Crippen LogP contribution in [0.1, 0.15) is 362 Å². The van der Waals surface area contributed by atoms with E-state index in [9.17, 15) is 43.2 Å². The third-order valence-corrected chi connectivity index (χ3v) is 19.1. The van der Waals surface area contributed by atoms with Gasteiger partial charge in [0, 0.05) is 19.3 Å². The number of hydrogen-bond donors (Lipinski definition) is 3. The molecule has 0 radical (unpaired) electrons. The summed E-state index contributed by atoms with van der Waals surface area (Å²) in [5.74, 6) is -2.30. The molecule has 0 amide bonds. The van der Waals surface area contributed by atoms with E-state index in [0.717, 1.165) is 109 Å². The van der Waals surface area contributed by atoms with Crippen molar-refractivity contribution in [2.75, 3.05) is 39.6 Å². The highest BCUT2D eigenvalue weighted by atomic mass is 31.2. The van der Waals surface area contributed by atoms with Gasteiger partial charge >= 0.3 is 39.5 Å². The molecule has 0 aromatic carbocycles. The smallest absolute Gasteiger partial charge is 0.462 e. The predicted molar refractivity (Wildman–Crippen MR) is 409 cm³/mol. The van der Waals surface area contributed by atoms with Gasteiger partial charge in [0.25, 0.3) is 0 Å². The molecular weight excluding hydrogens is 1310 g/mol. The van der Waals surface area contributed by atoms with E-state index in [0.29, 0.717) is 25.7 Å². The molecule has 0 fully saturated rings. The number of rotatable bonds is 76. The lowest BCUT2D eigenvalue weighted by Crippen LogP contribution is -2.30. The van der Waals surface area contributed by atoms with Crippen LogP contribution in [-0.2, 0) is 65.4 Å². The van der Waals surface area contributed by atoms with Gasteiger partial charge in [-0.3, -0.25) is 37.3 Å². The molecule has 100 heavy (non-hydrogen) atoms. The summed E-state index contributed by atoms with van der Waals surface area (Å²) < 4.78 is 68.5. The van der Waals surface area contributed by atoms with E-state index in [1.165, 1.54) is 173 Å². The number of aliphatic hydroxyl groups is 1. The van der Waals surface area contributed by atoms with Crippen LogP contribution in [0, 0.1) is 0 Å². The second-order valence-electron chi connectivity index (χ2n) is 27.0. The number of allylic oxidation sites excluding steroid dienone is 11. The Morgan fingerprint density at radius 2 is 0.560 bits per heavy atom. The first kappa shape index (κ1) is 96.5. The maximum Gasteiger partial charge on any atom is 0.472 e. The van der Waals surface area contributed by atoms with Crippen LogP contribution in [0.15, 0.2) is 72.9 Å². The molecule has 0 bridgehead atoms. The number of carbonyl (C=O) groups excluding carboxylic acids is 4. The quantitative estimate of drug-likeness (QED) is 0.0169. The van der Waals surface area contributed by atoms with E-state index >= 15 is 0 Å². The molecule has 0 saturated carbocycles. The largest absolute Gasteiger partial charge is 0.472 e. The molecular formula is C81H146O17P2. The van der Waals surface area contributed by atoms with Gasteiger partial charge in [0.05, 0.1) is 32.8 Å². The summed E-state index contributed by atoms with van der Waals surface area (Å²) in [6, 6.07) is 0. The monoisotopic (exact) mass is 1450 g/mol. The molecule has 5 unspecified atom stereocenters. The van der Waals surface area contributed by atoms with Crippen LogP contribution >= 0.6 is 15.6 Å². The number of ether oxygens (including phenoxy) is 4. The van der Waals surface area contributed by atoms with Crippen molar-refractivity contribution in [3.05, 3.63) is 72.9 Å². The Labute approximate surface area is 609 Å². The average Bonchev–Trinajstić information content (AvgIpc) is 1.01. The fraction of sp³-hybridized carbons (Fsp3) is 0.802. The Balaban J connectivity index is 5.38. The molecule has 3 N–H and O–H groups in total. The van der Waals surface area contributed by atoms with Crippen molar-refractivity contribution in [1.82, 2.24) is 0 Å². The molecule has 0 aliphatic carbocycles. The molecule has 17 nitrogen and oxygen atoms in total. The van der Waals surface area contributed by atoms with Gasteiger partial charge < -0.3 is 33.8 Å². The molecule has 0 aromatic rings. The summed E-state index contributed by atoms with van der Waals surface area (Å²) in [6.07, 6.45) is 74.8. The van der Waals surface area contributed by atoms with Crippen molar-refractivity contribution in [3.8, 4) is 0 Å². The summed E-state index contributed by atoms with van der Waals surface area (Å²) >= 11 is 0. The van der Waals surface area contributed by atoms with E-state index in [-0.39, 0.29) is 25.7 Å². The number of esters is 4. The molecule has 0 heterocycles. The summed E-state index contributed by atoms with van der Waals surface area (Å²) in [6.45, 7) is 4.71. The van der Waals surface area contributed by atoms with Crippen LogP contribution in [0.4, 0.5) is 0 Å². The Morgan fingerprint density at radius 1 is 0.300 bits per heavy atom. The van der Waals surface area contributed by atoms with Crippen LogP contribution in [0.5, 0.6) is 0 Å². The first-order valence-corrected chi connectivity index (χ1v) is 43.2. The van der Waals surface area contributed by atoms with Crippen LogP contribution in [-0.4, -0.2) is 96.7 Å². The van der Waals surface area contributed by atoms with Crippen molar-refractivity contribution in [3.63, 3.8) is 0 Å². The van der Waals surface area contributed by atoms with Crippen LogP contribution in [0.25, 0.3) is 0 Å². The highest BCUT2D eigenvalue weighted by molar-refractivity contribution is 7.47. The molecule has 0 aromatic heterocycles. The highest BCUT2D eigenvalue weighted by Gasteiger charge is 2.30. The molecule has 582 valence electrons. The summed E-state index contributed by atoms with van der Waals surface area (Å²) in [7, 11) is -9.97. The number of phosphoric acid groups is 2.